The summed E-state index contributed by atoms with van der Waals surface area (Å²) in [5.74, 6) is 1.24. The quantitative estimate of drug-likeness (QED) is 0.330. The molecule has 0 aliphatic heterocycles. The number of methoxy groups -OCH3 is 1. The van der Waals surface area contributed by atoms with Crippen LogP contribution in [0.3, 0.4) is 0 Å². The number of hydrogen-bond donors (Lipinski definition) is 2. The Balaban J connectivity index is 0.000000821. The van der Waals surface area contributed by atoms with E-state index in [1.54, 1.807) is 36.7 Å². The summed E-state index contributed by atoms with van der Waals surface area (Å²) in [6.45, 7) is 3.95. The Hall–Kier alpha value is -2.74. The van der Waals surface area contributed by atoms with Crippen LogP contribution in [0.25, 0.3) is 10.4 Å². The van der Waals surface area contributed by atoms with Crippen molar-refractivity contribution in [3.8, 4) is 16.2 Å². The molecule has 0 radical (unpaired) electrons. The third-order valence-electron chi connectivity index (χ3n) is 5.50. The van der Waals surface area contributed by atoms with E-state index in [0.29, 0.717) is 5.92 Å². The number of benzene rings is 2. The minimum atomic E-state index is 0.250. The van der Waals surface area contributed by atoms with Gasteiger partial charge in [-0.2, -0.15) is 0 Å². The molecule has 5 nitrogen and oxygen atoms in total. The van der Waals surface area contributed by atoms with Gasteiger partial charge in [0.2, 0.25) is 0 Å². The molecule has 172 valence electrons. The number of ether oxygens (including phenoxy) is 1. The second-order valence-electron chi connectivity index (χ2n) is 7.78. The predicted octanol–water partition coefficient (Wildman–Crippen LogP) is 6.79. The zero-order valence-electron chi connectivity index (χ0n) is 19.2. The van der Waals surface area contributed by atoms with Crippen LogP contribution in [0.4, 0.5) is 10.8 Å². The highest BCUT2D eigenvalue weighted by Crippen LogP contribution is 2.41. The summed E-state index contributed by atoms with van der Waals surface area (Å²) in [5, 5.41) is 13.1. The molecular weight excluding hydrogens is 450 g/mol. The largest absolute Gasteiger partial charge is 0.496 e. The first kappa shape index (κ1) is 23.4. The van der Waals surface area contributed by atoms with Crippen LogP contribution in [0.1, 0.15) is 46.8 Å². The van der Waals surface area contributed by atoms with E-state index in [2.05, 4.69) is 52.8 Å². The summed E-state index contributed by atoms with van der Waals surface area (Å²) in [4.78, 5) is 11.9. The summed E-state index contributed by atoms with van der Waals surface area (Å²) in [6, 6.07) is 17.0. The fourth-order valence-corrected chi connectivity index (χ4v) is 5.96. The van der Waals surface area contributed by atoms with Gasteiger partial charge < -0.3 is 15.2 Å². The average Bonchev–Trinajstić information content (AvgIpc) is 3.45. The van der Waals surface area contributed by atoms with Gasteiger partial charge in [-0.1, -0.05) is 30.3 Å². The van der Waals surface area contributed by atoms with Gasteiger partial charge in [-0.05, 0) is 50.8 Å². The van der Waals surface area contributed by atoms with Crippen LogP contribution >= 0.6 is 22.7 Å². The maximum absolute atomic E-state index is 7.57. The molecule has 4 aromatic rings. The number of nitrogens with zero attached hydrogens (tertiary/aromatic N) is 2. The minimum absolute atomic E-state index is 0.250. The highest BCUT2D eigenvalue weighted by molar-refractivity contribution is 7.15. The van der Waals surface area contributed by atoms with Crippen LogP contribution in [0, 0.1) is 6.92 Å². The molecule has 1 atom stereocenters. The van der Waals surface area contributed by atoms with E-state index in [1.807, 2.05) is 19.2 Å². The molecule has 0 spiro atoms. The molecular formula is C26H29N3O2S2. The van der Waals surface area contributed by atoms with Gasteiger partial charge in [-0.25, -0.2) is 9.97 Å². The van der Waals surface area contributed by atoms with Crippen molar-refractivity contribution in [1.29, 1.82) is 0 Å². The number of rotatable bonds is 5. The lowest BCUT2D eigenvalue weighted by molar-refractivity contribution is 0.318. The summed E-state index contributed by atoms with van der Waals surface area (Å²) in [5.41, 5.74) is 4.65. The molecule has 0 saturated heterocycles. The van der Waals surface area contributed by atoms with Crippen LogP contribution in [0.2, 0.25) is 0 Å². The van der Waals surface area contributed by atoms with Crippen LogP contribution in [0.5, 0.6) is 5.75 Å². The molecule has 0 saturated carbocycles. The normalized spacial score (nSPS) is 14.7. The molecule has 2 heterocycles. The third-order valence-corrected chi connectivity index (χ3v) is 7.49. The van der Waals surface area contributed by atoms with Crippen molar-refractivity contribution < 1.29 is 9.84 Å². The monoisotopic (exact) mass is 479 g/mol. The van der Waals surface area contributed by atoms with E-state index in [-0.39, 0.29) is 6.61 Å². The van der Waals surface area contributed by atoms with E-state index in [4.69, 9.17) is 14.8 Å². The van der Waals surface area contributed by atoms with Crippen molar-refractivity contribution >= 4 is 33.5 Å². The number of aromatic nitrogens is 2. The Morgan fingerprint density at radius 2 is 1.94 bits per heavy atom. The first-order valence-corrected chi connectivity index (χ1v) is 12.8. The SMILES string of the molecule is CCO.COc1cc(Nc2nc3c(s2)CCCC3c2ccccc2)ccc1-c1cnc(C)s1. The summed E-state index contributed by atoms with van der Waals surface area (Å²) in [7, 11) is 1.71. The van der Waals surface area contributed by atoms with E-state index in [9.17, 15) is 0 Å². The van der Waals surface area contributed by atoms with E-state index in [0.717, 1.165) is 44.9 Å². The molecule has 1 unspecified atom stereocenters. The summed E-state index contributed by atoms with van der Waals surface area (Å²) in [6.07, 6.45) is 5.40. The van der Waals surface area contributed by atoms with Crippen LogP contribution in [-0.2, 0) is 6.42 Å². The van der Waals surface area contributed by atoms with E-state index >= 15 is 0 Å². The van der Waals surface area contributed by atoms with Gasteiger partial charge in [-0.15, -0.1) is 22.7 Å². The van der Waals surface area contributed by atoms with Crippen molar-refractivity contribution in [2.75, 3.05) is 19.0 Å². The van der Waals surface area contributed by atoms with Crippen molar-refractivity contribution in [1.82, 2.24) is 9.97 Å². The highest BCUT2D eigenvalue weighted by Gasteiger charge is 2.26. The van der Waals surface area contributed by atoms with E-state index < -0.39 is 0 Å². The number of nitrogens with one attached hydrogen (secondary N) is 1. The molecule has 33 heavy (non-hydrogen) atoms. The molecule has 1 aliphatic rings. The van der Waals surface area contributed by atoms with Gasteiger partial charge >= 0.3 is 0 Å². The highest BCUT2D eigenvalue weighted by atomic mass is 32.1. The Labute approximate surface area is 203 Å². The number of aliphatic hydroxyl groups excluding tert-OH is 1. The lowest BCUT2D eigenvalue weighted by Gasteiger charge is -2.21. The van der Waals surface area contributed by atoms with Crippen LogP contribution < -0.4 is 10.1 Å². The van der Waals surface area contributed by atoms with Crippen molar-refractivity contribution in [3.63, 3.8) is 0 Å². The van der Waals surface area contributed by atoms with Gasteiger partial charge in [0.25, 0.3) is 0 Å². The predicted molar refractivity (Wildman–Crippen MR) is 138 cm³/mol. The third kappa shape index (κ3) is 5.43. The lowest BCUT2D eigenvalue weighted by atomic mass is 9.85. The molecule has 1 aliphatic carbocycles. The second-order valence-corrected chi connectivity index (χ2v) is 10.1. The number of thiazole rings is 2. The topological polar surface area (TPSA) is 67.3 Å². The average molecular weight is 480 g/mol. The fourth-order valence-electron chi connectivity index (χ4n) is 4.06. The maximum atomic E-state index is 7.57. The molecule has 0 fully saturated rings. The lowest BCUT2D eigenvalue weighted by Crippen LogP contribution is -2.09. The van der Waals surface area contributed by atoms with Crippen molar-refractivity contribution in [2.45, 2.75) is 39.0 Å². The van der Waals surface area contributed by atoms with Crippen molar-refractivity contribution in [3.05, 3.63) is 75.9 Å². The minimum Gasteiger partial charge on any atom is -0.496 e. The van der Waals surface area contributed by atoms with Crippen LogP contribution in [0.15, 0.2) is 54.7 Å². The van der Waals surface area contributed by atoms with Crippen molar-refractivity contribution in [2.24, 2.45) is 0 Å². The fraction of sp³-hybridized carbons (Fsp3) is 0.308. The number of aryl methyl sites for hydroxylation is 2. The molecule has 0 amide bonds. The second kappa shape index (κ2) is 10.9. The molecule has 5 rings (SSSR count). The van der Waals surface area contributed by atoms with Gasteiger partial charge in [0.05, 0.1) is 22.7 Å². The number of hydrogen-bond acceptors (Lipinski definition) is 7. The van der Waals surface area contributed by atoms with E-state index in [1.165, 1.54) is 22.6 Å². The van der Waals surface area contributed by atoms with Gasteiger partial charge in [0.15, 0.2) is 5.13 Å². The molecule has 0 bridgehead atoms. The smallest absolute Gasteiger partial charge is 0.187 e. The maximum Gasteiger partial charge on any atom is 0.187 e. The van der Waals surface area contributed by atoms with Gasteiger partial charge in [-0.3, -0.25) is 0 Å². The number of fused-ring (bicyclic) bond motifs is 1. The van der Waals surface area contributed by atoms with Gasteiger partial charge in [0, 0.05) is 40.9 Å². The van der Waals surface area contributed by atoms with Crippen LogP contribution in [-0.4, -0.2) is 28.8 Å². The molecule has 2 aromatic carbocycles. The standard InChI is InChI=1S/C24H23N3OS2.C2H6O/c1-15-25-14-22(29-15)19-12-11-17(13-20(19)28-2)26-24-27-23-18(9-6-10-21(23)30-24)16-7-4-3-5-8-16;1-2-3/h3-5,7-8,11-14,18H,6,9-10H2,1-2H3,(H,26,27);3H,2H2,1H3. The summed E-state index contributed by atoms with van der Waals surface area (Å²) >= 11 is 3.45. The Morgan fingerprint density at radius 1 is 1.15 bits per heavy atom. The molecule has 2 N–H and O–H groups in total. The zero-order chi connectivity index (χ0) is 23.2. The molecule has 2 aromatic heterocycles. The first-order chi connectivity index (χ1) is 16.1. The zero-order valence-corrected chi connectivity index (χ0v) is 20.8. The number of anilines is 2. The Morgan fingerprint density at radius 3 is 2.64 bits per heavy atom. The first-order valence-electron chi connectivity index (χ1n) is 11.2. The molecule has 7 heteroatoms. The number of aliphatic hydroxyl groups is 1. The Kier molecular flexibility index (Phi) is 7.75. The summed E-state index contributed by atoms with van der Waals surface area (Å²) < 4.78 is 5.67. The van der Waals surface area contributed by atoms with Gasteiger partial charge in [0.1, 0.15) is 5.75 Å². The Bertz CT molecular complexity index is 1190.